The number of benzene rings is 2. The Hall–Kier alpha value is -2.31. The largest absolute Gasteiger partial charge is 0.333 e. The third-order valence-electron chi connectivity index (χ3n) is 3.59. The number of rotatable bonds is 5. The lowest BCUT2D eigenvalue weighted by Gasteiger charge is -2.08. The van der Waals surface area contributed by atoms with Crippen LogP contribution in [0.2, 0.25) is 5.02 Å². The van der Waals surface area contributed by atoms with E-state index in [4.69, 9.17) is 11.6 Å². The fourth-order valence-electron chi connectivity index (χ4n) is 2.22. The molecular weight excluding hydrogens is 361 g/mol. The summed E-state index contributed by atoms with van der Waals surface area (Å²) in [6.45, 7) is 1.85. The molecule has 1 amide bonds. The number of aromatic amines is 1. The third-order valence-corrected chi connectivity index (χ3v) is 4.89. The summed E-state index contributed by atoms with van der Waals surface area (Å²) in [5.41, 5.74) is 3.14. The van der Waals surface area contributed by atoms with Crippen LogP contribution in [0.25, 0.3) is 11.3 Å². The number of anilines is 1. The molecule has 2 aromatic carbocycles. The Balaban J connectivity index is 1.59. The molecule has 1 heterocycles. The number of aromatic nitrogens is 2. The first-order chi connectivity index (χ1) is 12.0. The average Bonchev–Trinajstić information content (AvgIpc) is 3.07. The van der Waals surface area contributed by atoms with Crippen LogP contribution in [0.15, 0.2) is 53.8 Å². The summed E-state index contributed by atoms with van der Waals surface area (Å²) in [5.74, 6) is -0.219. The molecule has 3 rings (SSSR count). The van der Waals surface area contributed by atoms with Gasteiger partial charge in [0, 0.05) is 10.7 Å². The van der Waals surface area contributed by atoms with Crippen LogP contribution < -0.4 is 5.32 Å². The van der Waals surface area contributed by atoms with Gasteiger partial charge in [-0.05, 0) is 54.4 Å². The molecule has 4 nitrogen and oxygen atoms in total. The molecule has 0 saturated carbocycles. The number of hydrogen-bond donors (Lipinski definition) is 2. The molecule has 0 aliphatic carbocycles. The van der Waals surface area contributed by atoms with Crippen molar-refractivity contribution in [1.29, 1.82) is 0 Å². The minimum absolute atomic E-state index is 0.143. The van der Waals surface area contributed by atoms with E-state index in [1.807, 2.05) is 13.0 Å². The van der Waals surface area contributed by atoms with Gasteiger partial charge < -0.3 is 10.3 Å². The predicted molar refractivity (Wildman–Crippen MR) is 99.5 cm³/mol. The number of amides is 1. The van der Waals surface area contributed by atoms with Crippen LogP contribution in [-0.2, 0) is 4.79 Å². The van der Waals surface area contributed by atoms with E-state index < -0.39 is 0 Å². The number of nitrogens with one attached hydrogen (secondary N) is 2. The van der Waals surface area contributed by atoms with Gasteiger partial charge in [0.2, 0.25) is 5.91 Å². The predicted octanol–water partition coefficient (Wildman–Crippen LogP) is 4.91. The second-order valence-corrected chi connectivity index (χ2v) is 6.73. The lowest BCUT2D eigenvalue weighted by molar-refractivity contribution is -0.113. The van der Waals surface area contributed by atoms with Crippen molar-refractivity contribution in [3.05, 3.63) is 65.1 Å². The maximum absolute atomic E-state index is 13.0. The zero-order chi connectivity index (χ0) is 17.8. The van der Waals surface area contributed by atoms with Crippen LogP contribution in [0, 0.1) is 12.7 Å². The Morgan fingerprint density at radius 2 is 2.04 bits per heavy atom. The Morgan fingerprint density at radius 3 is 2.80 bits per heavy atom. The number of halogens is 2. The smallest absolute Gasteiger partial charge is 0.234 e. The van der Waals surface area contributed by atoms with E-state index in [-0.39, 0.29) is 17.5 Å². The molecule has 3 aromatic rings. The second kappa shape index (κ2) is 7.72. The van der Waals surface area contributed by atoms with E-state index in [0.29, 0.717) is 15.9 Å². The fourth-order valence-corrected chi connectivity index (χ4v) is 3.04. The van der Waals surface area contributed by atoms with Crippen molar-refractivity contribution in [1.82, 2.24) is 9.97 Å². The maximum Gasteiger partial charge on any atom is 0.234 e. The number of carbonyl (C=O) groups excluding carboxylic acids is 1. The van der Waals surface area contributed by atoms with Crippen molar-refractivity contribution < 1.29 is 9.18 Å². The van der Waals surface area contributed by atoms with E-state index >= 15 is 0 Å². The first kappa shape index (κ1) is 17.5. The molecule has 128 valence electrons. The van der Waals surface area contributed by atoms with E-state index in [1.165, 1.54) is 23.9 Å². The molecule has 0 fully saturated rings. The molecule has 7 heteroatoms. The van der Waals surface area contributed by atoms with Crippen LogP contribution in [0.5, 0.6) is 0 Å². The Labute approximate surface area is 153 Å². The van der Waals surface area contributed by atoms with Gasteiger partial charge in [0.15, 0.2) is 5.16 Å². The topological polar surface area (TPSA) is 57.8 Å². The fraction of sp³-hybridized carbons (Fsp3) is 0.111. The molecule has 0 aliphatic heterocycles. The SMILES string of the molecule is Cc1c(Cl)cccc1NC(=O)CSc1ncc(-c2ccc(F)cc2)[nH]1. The molecular formula is C18H15ClFN3OS. The molecule has 1 aromatic heterocycles. The Kier molecular flexibility index (Phi) is 5.40. The minimum atomic E-state index is -0.286. The van der Waals surface area contributed by atoms with Crippen molar-refractivity contribution in [3.63, 3.8) is 0 Å². The summed E-state index contributed by atoms with van der Waals surface area (Å²) in [7, 11) is 0. The molecule has 0 spiro atoms. The van der Waals surface area contributed by atoms with Crippen molar-refractivity contribution in [2.24, 2.45) is 0 Å². The first-order valence-corrected chi connectivity index (χ1v) is 8.88. The lowest BCUT2D eigenvalue weighted by atomic mass is 10.2. The number of nitrogens with zero attached hydrogens (tertiary/aromatic N) is 1. The Morgan fingerprint density at radius 1 is 1.28 bits per heavy atom. The molecule has 0 bridgehead atoms. The highest BCUT2D eigenvalue weighted by molar-refractivity contribution is 7.99. The van der Waals surface area contributed by atoms with Crippen LogP contribution in [0.4, 0.5) is 10.1 Å². The lowest BCUT2D eigenvalue weighted by Crippen LogP contribution is -2.15. The van der Waals surface area contributed by atoms with Crippen LogP contribution in [-0.4, -0.2) is 21.6 Å². The first-order valence-electron chi connectivity index (χ1n) is 7.51. The van der Waals surface area contributed by atoms with Gasteiger partial charge in [-0.1, -0.05) is 29.4 Å². The Bertz CT molecular complexity index is 896. The highest BCUT2D eigenvalue weighted by Gasteiger charge is 2.09. The summed E-state index contributed by atoms with van der Waals surface area (Å²) in [4.78, 5) is 19.5. The van der Waals surface area contributed by atoms with Crippen molar-refractivity contribution >= 4 is 35.0 Å². The zero-order valence-corrected chi connectivity index (χ0v) is 14.9. The highest BCUT2D eigenvalue weighted by atomic mass is 35.5. The average molecular weight is 376 g/mol. The molecule has 0 saturated heterocycles. The molecule has 0 atom stereocenters. The van der Waals surface area contributed by atoms with Gasteiger partial charge in [-0.3, -0.25) is 4.79 Å². The summed E-state index contributed by atoms with van der Waals surface area (Å²) < 4.78 is 13.0. The quantitative estimate of drug-likeness (QED) is 0.623. The van der Waals surface area contributed by atoms with E-state index in [0.717, 1.165) is 16.8 Å². The number of thioether (sulfide) groups is 1. The number of imidazole rings is 1. The van der Waals surface area contributed by atoms with Gasteiger partial charge >= 0.3 is 0 Å². The monoisotopic (exact) mass is 375 g/mol. The van der Waals surface area contributed by atoms with Crippen molar-refractivity contribution in [3.8, 4) is 11.3 Å². The summed E-state index contributed by atoms with van der Waals surface area (Å²) in [5, 5.41) is 4.07. The molecule has 0 radical (unpaired) electrons. The second-order valence-electron chi connectivity index (χ2n) is 5.36. The van der Waals surface area contributed by atoms with E-state index in [9.17, 15) is 9.18 Å². The molecule has 0 aliphatic rings. The molecule has 0 unspecified atom stereocenters. The van der Waals surface area contributed by atoms with Gasteiger partial charge in [0.1, 0.15) is 5.82 Å². The van der Waals surface area contributed by atoms with Gasteiger partial charge in [-0.15, -0.1) is 0 Å². The molecule has 2 N–H and O–H groups in total. The van der Waals surface area contributed by atoms with Crippen LogP contribution in [0.1, 0.15) is 5.56 Å². The van der Waals surface area contributed by atoms with Gasteiger partial charge in [-0.2, -0.15) is 0 Å². The van der Waals surface area contributed by atoms with Crippen molar-refractivity contribution in [2.75, 3.05) is 11.1 Å². The third kappa shape index (κ3) is 4.41. The number of carbonyl (C=O) groups is 1. The number of hydrogen-bond acceptors (Lipinski definition) is 3. The maximum atomic E-state index is 13.0. The standard InChI is InChI=1S/C18H15ClFN3OS/c1-11-14(19)3-2-4-15(11)22-17(24)10-25-18-21-9-16(23-18)12-5-7-13(20)8-6-12/h2-9H,10H2,1H3,(H,21,23)(H,22,24). The molecule has 25 heavy (non-hydrogen) atoms. The minimum Gasteiger partial charge on any atom is -0.333 e. The van der Waals surface area contributed by atoms with Crippen LogP contribution in [0.3, 0.4) is 0 Å². The van der Waals surface area contributed by atoms with Gasteiger partial charge in [-0.25, -0.2) is 9.37 Å². The summed E-state index contributed by atoms with van der Waals surface area (Å²) in [6.07, 6.45) is 1.66. The van der Waals surface area contributed by atoms with Gasteiger partial charge in [0.05, 0.1) is 17.6 Å². The summed E-state index contributed by atoms with van der Waals surface area (Å²) >= 11 is 7.34. The van der Waals surface area contributed by atoms with Crippen molar-refractivity contribution in [2.45, 2.75) is 12.1 Å². The van der Waals surface area contributed by atoms with Crippen LogP contribution >= 0.6 is 23.4 Å². The summed E-state index contributed by atoms with van der Waals surface area (Å²) in [6, 6.07) is 11.5. The zero-order valence-electron chi connectivity index (χ0n) is 13.3. The highest BCUT2D eigenvalue weighted by Crippen LogP contribution is 2.24. The van der Waals surface area contributed by atoms with E-state index in [2.05, 4.69) is 15.3 Å². The van der Waals surface area contributed by atoms with E-state index in [1.54, 1.807) is 30.5 Å². The number of H-pyrrole nitrogens is 1. The van der Waals surface area contributed by atoms with Gasteiger partial charge in [0.25, 0.3) is 0 Å². The normalized spacial score (nSPS) is 10.7.